The fourth-order valence-electron chi connectivity index (χ4n) is 4.38. The van der Waals surface area contributed by atoms with E-state index in [1.54, 1.807) is 0 Å². The summed E-state index contributed by atoms with van der Waals surface area (Å²) < 4.78 is 11.7. The third-order valence-electron chi connectivity index (χ3n) is 6.25. The standard InChI is InChI=1S/C23H39N3O2/c1-4-25(5-2)14-16-28-21-10-8-20(9-11-21)24-23-12-13-26(17-19(23)3)18-22-7-6-15-27-22/h8-11,19,22-24H,4-7,12-18H2,1-3H3/t19-,22+,23+/m0/s1. The molecule has 158 valence electrons. The molecule has 0 aliphatic carbocycles. The molecule has 0 bridgehead atoms. The smallest absolute Gasteiger partial charge is 0.119 e. The number of hydrogen-bond acceptors (Lipinski definition) is 5. The lowest BCUT2D eigenvalue weighted by atomic mass is 9.93. The molecular formula is C23H39N3O2. The number of likely N-dealkylation sites (N-methyl/N-ethyl adjacent to an activating group) is 1. The van der Waals surface area contributed by atoms with Crippen LogP contribution < -0.4 is 10.1 Å². The van der Waals surface area contributed by atoms with Crippen molar-refractivity contribution in [3.05, 3.63) is 24.3 Å². The summed E-state index contributed by atoms with van der Waals surface area (Å²) in [6, 6.07) is 9.01. The molecule has 5 nitrogen and oxygen atoms in total. The first-order valence-electron chi connectivity index (χ1n) is 11.2. The minimum atomic E-state index is 0.464. The molecule has 28 heavy (non-hydrogen) atoms. The molecule has 0 unspecified atom stereocenters. The number of nitrogens with zero attached hydrogens (tertiary/aromatic N) is 2. The van der Waals surface area contributed by atoms with Gasteiger partial charge in [-0.15, -0.1) is 0 Å². The van der Waals surface area contributed by atoms with E-state index in [1.807, 2.05) is 0 Å². The molecule has 0 spiro atoms. The molecule has 3 rings (SSSR count). The SMILES string of the molecule is CCN(CC)CCOc1ccc(N[C@@H]2CCN(C[C@H]3CCCO3)C[C@@H]2C)cc1. The summed E-state index contributed by atoms with van der Waals surface area (Å²) in [7, 11) is 0. The highest BCUT2D eigenvalue weighted by Gasteiger charge is 2.28. The van der Waals surface area contributed by atoms with E-state index in [4.69, 9.17) is 9.47 Å². The first-order chi connectivity index (χ1) is 13.7. The predicted molar refractivity (Wildman–Crippen MR) is 116 cm³/mol. The van der Waals surface area contributed by atoms with E-state index in [2.05, 4.69) is 60.2 Å². The molecular weight excluding hydrogens is 350 g/mol. The molecule has 0 saturated carbocycles. The summed E-state index contributed by atoms with van der Waals surface area (Å²) in [5.41, 5.74) is 1.19. The van der Waals surface area contributed by atoms with Gasteiger partial charge >= 0.3 is 0 Å². The summed E-state index contributed by atoms with van der Waals surface area (Å²) in [4.78, 5) is 4.97. The number of hydrogen-bond donors (Lipinski definition) is 1. The van der Waals surface area contributed by atoms with Gasteiger partial charge in [0.1, 0.15) is 12.4 Å². The second-order valence-corrected chi connectivity index (χ2v) is 8.31. The number of piperidine rings is 1. The molecule has 2 fully saturated rings. The number of ether oxygens (including phenoxy) is 2. The Morgan fingerprint density at radius 1 is 1.18 bits per heavy atom. The Labute approximate surface area is 171 Å². The van der Waals surface area contributed by atoms with Gasteiger partial charge in [0.25, 0.3) is 0 Å². The van der Waals surface area contributed by atoms with E-state index in [-0.39, 0.29) is 0 Å². The lowest BCUT2D eigenvalue weighted by Crippen LogP contribution is -2.47. The summed E-state index contributed by atoms with van der Waals surface area (Å²) >= 11 is 0. The van der Waals surface area contributed by atoms with Gasteiger partial charge in [0.2, 0.25) is 0 Å². The van der Waals surface area contributed by atoms with Gasteiger partial charge in [-0.1, -0.05) is 20.8 Å². The Balaban J connectivity index is 1.40. The highest BCUT2D eigenvalue weighted by atomic mass is 16.5. The van der Waals surface area contributed by atoms with E-state index >= 15 is 0 Å². The third-order valence-corrected chi connectivity index (χ3v) is 6.25. The van der Waals surface area contributed by atoms with Crippen molar-refractivity contribution in [1.82, 2.24) is 9.80 Å². The van der Waals surface area contributed by atoms with Gasteiger partial charge in [0.05, 0.1) is 6.10 Å². The Morgan fingerprint density at radius 3 is 2.61 bits per heavy atom. The largest absolute Gasteiger partial charge is 0.492 e. The summed E-state index contributed by atoms with van der Waals surface area (Å²) in [5, 5.41) is 3.74. The maximum Gasteiger partial charge on any atom is 0.119 e. The maximum absolute atomic E-state index is 5.90. The van der Waals surface area contributed by atoms with Gasteiger partial charge in [0, 0.05) is 44.5 Å². The maximum atomic E-state index is 5.90. The average molecular weight is 390 g/mol. The molecule has 2 aliphatic heterocycles. The van der Waals surface area contributed by atoms with Crippen LogP contribution >= 0.6 is 0 Å². The van der Waals surface area contributed by atoms with Crippen LogP contribution in [0.15, 0.2) is 24.3 Å². The third kappa shape index (κ3) is 6.36. The Hall–Kier alpha value is -1.30. The van der Waals surface area contributed by atoms with E-state index in [0.29, 0.717) is 18.1 Å². The van der Waals surface area contributed by atoms with E-state index in [9.17, 15) is 0 Å². The van der Waals surface area contributed by atoms with Crippen molar-refractivity contribution in [3.8, 4) is 5.75 Å². The molecule has 1 aromatic rings. The van der Waals surface area contributed by atoms with Crippen LogP contribution in [0.5, 0.6) is 5.75 Å². The lowest BCUT2D eigenvalue weighted by Gasteiger charge is -2.38. The van der Waals surface area contributed by atoms with Gasteiger partial charge in [-0.05, 0) is 62.5 Å². The molecule has 3 atom stereocenters. The van der Waals surface area contributed by atoms with Crippen LogP contribution in [0.25, 0.3) is 0 Å². The Kier molecular flexibility index (Phi) is 8.44. The zero-order valence-corrected chi connectivity index (χ0v) is 18.0. The first-order valence-corrected chi connectivity index (χ1v) is 11.2. The molecule has 5 heteroatoms. The molecule has 2 saturated heterocycles. The van der Waals surface area contributed by atoms with Crippen LogP contribution in [0.4, 0.5) is 5.69 Å². The van der Waals surface area contributed by atoms with Crippen molar-refractivity contribution < 1.29 is 9.47 Å². The minimum absolute atomic E-state index is 0.464. The number of likely N-dealkylation sites (tertiary alicyclic amines) is 1. The normalized spacial score (nSPS) is 25.9. The summed E-state index contributed by atoms with van der Waals surface area (Å²) in [6.07, 6.45) is 4.12. The molecule has 1 aromatic carbocycles. The average Bonchev–Trinajstić information content (AvgIpc) is 3.22. The molecule has 0 amide bonds. The zero-order valence-electron chi connectivity index (χ0n) is 18.0. The van der Waals surface area contributed by atoms with E-state index in [0.717, 1.165) is 58.2 Å². The summed E-state index contributed by atoms with van der Waals surface area (Å²) in [6.45, 7) is 15.0. The van der Waals surface area contributed by atoms with Crippen LogP contribution in [0.1, 0.15) is 40.0 Å². The van der Waals surface area contributed by atoms with Gasteiger partial charge in [0.15, 0.2) is 0 Å². The molecule has 0 radical (unpaired) electrons. The quantitative estimate of drug-likeness (QED) is 0.660. The van der Waals surface area contributed by atoms with Crippen molar-refractivity contribution in [3.63, 3.8) is 0 Å². The zero-order chi connectivity index (χ0) is 19.8. The lowest BCUT2D eigenvalue weighted by molar-refractivity contribution is 0.0563. The second-order valence-electron chi connectivity index (χ2n) is 8.31. The van der Waals surface area contributed by atoms with Crippen molar-refractivity contribution in [2.75, 3.05) is 57.8 Å². The van der Waals surface area contributed by atoms with Crippen molar-refractivity contribution in [2.45, 2.75) is 52.2 Å². The van der Waals surface area contributed by atoms with Gasteiger partial charge < -0.3 is 24.6 Å². The van der Waals surface area contributed by atoms with Crippen molar-refractivity contribution in [2.24, 2.45) is 5.92 Å². The highest BCUT2D eigenvalue weighted by Crippen LogP contribution is 2.24. The fourth-order valence-corrected chi connectivity index (χ4v) is 4.38. The van der Waals surface area contributed by atoms with Crippen LogP contribution in [-0.2, 0) is 4.74 Å². The molecule has 2 heterocycles. The van der Waals surface area contributed by atoms with Crippen LogP contribution in [0.2, 0.25) is 0 Å². The van der Waals surface area contributed by atoms with E-state index < -0.39 is 0 Å². The monoisotopic (exact) mass is 389 g/mol. The topological polar surface area (TPSA) is 37.0 Å². The Bertz CT molecular complexity index is 555. The van der Waals surface area contributed by atoms with Crippen LogP contribution in [-0.4, -0.2) is 74.4 Å². The summed E-state index contributed by atoms with van der Waals surface area (Å²) in [5.74, 6) is 1.59. The molecule has 0 aromatic heterocycles. The second kappa shape index (κ2) is 11.0. The number of nitrogens with one attached hydrogen (secondary N) is 1. The van der Waals surface area contributed by atoms with E-state index in [1.165, 1.54) is 24.9 Å². The van der Waals surface area contributed by atoms with Gasteiger partial charge in [-0.25, -0.2) is 0 Å². The minimum Gasteiger partial charge on any atom is -0.492 e. The number of benzene rings is 1. The van der Waals surface area contributed by atoms with Crippen LogP contribution in [0, 0.1) is 5.92 Å². The highest BCUT2D eigenvalue weighted by molar-refractivity contribution is 5.47. The van der Waals surface area contributed by atoms with Crippen LogP contribution in [0.3, 0.4) is 0 Å². The number of rotatable bonds is 10. The number of anilines is 1. The van der Waals surface area contributed by atoms with Gasteiger partial charge in [-0.3, -0.25) is 0 Å². The Morgan fingerprint density at radius 2 is 1.96 bits per heavy atom. The van der Waals surface area contributed by atoms with Crippen molar-refractivity contribution in [1.29, 1.82) is 0 Å². The molecule has 2 aliphatic rings. The van der Waals surface area contributed by atoms with Gasteiger partial charge in [-0.2, -0.15) is 0 Å². The first kappa shape index (κ1) is 21.4. The van der Waals surface area contributed by atoms with Crippen molar-refractivity contribution >= 4 is 5.69 Å². The molecule has 1 N–H and O–H groups in total. The fraction of sp³-hybridized carbons (Fsp3) is 0.739. The predicted octanol–water partition coefficient (Wildman–Crippen LogP) is 3.71.